The van der Waals surface area contributed by atoms with Crippen molar-refractivity contribution in [3.8, 4) is 0 Å². The van der Waals surface area contributed by atoms with Crippen LogP contribution in [-0.2, 0) is 14.4 Å². The molecule has 1 fully saturated rings. The number of carboxylic acid groups (broad SMARTS) is 1. The summed E-state index contributed by atoms with van der Waals surface area (Å²) in [6, 6.07) is 0. The summed E-state index contributed by atoms with van der Waals surface area (Å²) in [6.45, 7) is 1.93. The molecule has 14 heavy (non-hydrogen) atoms. The number of carbonyl (C=O) groups excluding carboxylic acids is 2. The van der Waals surface area contributed by atoms with E-state index in [0.29, 0.717) is 0 Å². The number of imide groups is 1. The number of nitrogens with one attached hydrogen (secondary N) is 1. The molecule has 0 saturated carbocycles. The van der Waals surface area contributed by atoms with Gasteiger partial charge < -0.3 is 5.11 Å². The Morgan fingerprint density at radius 3 is 2.43 bits per heavy atom. The molecule has 1 saturated heterocycles. The first-order chi connectivity index (χ1) is 6.49. The van der Waals surface area contributed by atoms with Crippen LogP contribution >= 0.6 is 0 Å². The number of hydrogen-bond donors (Lipinski definition) is 2. The Hall–Kier alpha value is -1.43. The lowest BCUT2D eigenvalue weighted by molar-refractivity contribution is -0.144. The van der Waals surface area contributed by atoms with E-state index in [2.05, 4.69) is 5.32 Å². The van der Waals surface area contributed by atoms with Gasteiger partial charge in [0.2, 0.25) is 11.8 Å². The van der Waals surface area contributed by atoms with Gasteiger partial charge in [-0.15, -0.1) is 0 Å². The lowest BCUT2D eigenvalue weighted by Crippen LogP contribution is -2.52. The summed E-state index contributed by atoms with van der Waals surface area (Å²) in [4.78, 5) is 33.9. The van der Waals surface area contributed by atoms with Crippen molar-refractivity contribution >= 4 is 17.8 Å². The van der Waals surface area contributed by atoms with Gasteiger partial charge in [0.25, 0.3) is 0 Å². The van der Waals surface area contributed by atoms with E-state index >= 15 is 0 Å². The molecule has 1 heterocycles. The smallest absolute Gasteiger partial charge is 0.307 e. The standard InChI is InChI=1S/C8H12N2O4/c1-5(8(13)14)2-10-3-6(11)9-7(12)4-10/h5H,2-4H2,1H3,(H,13,14)(H,9,11,12). The van der Waals surface area contributed by atoms with E-state index in [1.165, 1.54) is 4.90 Å². The summed E-state index contributed by atoms with van der Waals surface area (Å²) in [6.07, 6.45) is 0. The van der Waals surface area contributed by atoms with Gasteiger partial charge in [-0.05, 0) is 0 Å². The zero-order valence-electron chi connectivity index (χ0n) is 7.82. The fraction of sp³-hybridized carbons (Fsp3) is 0.625. The molecule has 6 heteroatoms. The first-order valence-corrected chi connectivity index (χ1v) is 4.27. The third-order valence-corrected chi connectivity index (χ3v) is 1.97. The van der Waals surface area contributed by atoms with Crippen molar-refractivity contribution in [2.45, 2.75) is 6.92 Å². The number of nitrogens with zero attached hydrogens (tertiary/aromatic N) is 1. The minimum Gasteiger partial charge on any atom is -0.481 e. The minimum atomic E-state index is -0.927. The van der Waals surface area contributed by atoms with Gasteiger partial charge in [0, 0.05) is 6.54 Å². The summed E-state index contributed by atoms with van der Waals surface area (Å²) in [5, 5.41) is 10.8. The highest BCUT2D eigenvalue weighted by Gasteiger charge is 2.25. The van der Waals surface area contributed by atoms with E-state index in [1.807, 2.05) is 0 Å². The van der Waals surface area contributed by atoms with Crippen molar-refractivity contribution in [1.29, 1.82) is 0 Å². The van der Waals surface area contributed by atoms with Crippen molar-refractivity contribution in [2.75, 3.05) is 19.6 Å². The number of amides is 2. The molecule has 0 radical (unpaired) electrons. The average Bonchev–Trinajstić information content (AvgIpc) is 2.01. The molecular formula is C8H12N2O4. The van der Waals surface area contributed by atoms with E-state index in [9.17, 15) is 14.4 Å². The summed E-state index contributed by atoms with van der Waals surface area (Å²) >= 11 is 0. The molecule has 0 aromatic rings. The number of aliphatic carboxylic acids is 1. The number of piperazine rings is 1. The highest BCUT2D eigenvalue weighted by molar-refractivity contribution is 5.99. The lowest BCUT2D eigenvalue weighted by Gasteiger charge is -2.26. The molecule has 1 rings (SSSR count). The van der Waals surface area contributed by atoms with Gasteiger partial charge in [-0.25, -0.2) is 0 Å². The van der Waals surface area contributed by atoms with Crippen molar-refractivity contribution in [1.82, 2.24) is 10.2 Å². The van der Waals surface area contributed by atoms with E-state index in [1.54, 1.807) is 6.92 Å². The molecule has 2 amide bonds. The van der Waals surface area contributed by atoms with Crippen LogP contribution in [0.1, 0.15) is 6.92 Å². The summed E-state index contributed by atoms with van der Waals surface area (Å²) in [5.74, 6) is -2.25. The zero-order valence-corrected chi connectivity index (χ0v) is 7.82. The molecule has 0 aromatic carbocycles. The van der Waals surface area contributed by atoms with E-state index < -0.39 is 11.9 Å². The van der Waals surface area contributed by atoms with Gasteiger partial charge in [-0.2, -0.15) is 0 Å². The molecule has 6 nitrogen and oxygen atoms in total. The maximum atomic E-state index is 10.9. The van der Waals surface area contributed by atoms with Crippen molar-refractivity contribution in [3.63, 3.8) is 0 Å². The third kappa shape index (κ3) is 2.81. The van der Waals surface area contributed by atoms with E-state index in [-0.39, 0.29) is 31.4 Å². The monoisotopic (exact) mass is 200 g/mol. The summed E-state index contributed by atoms with van der Waals surface area (Å²) in [5.41, 5.74) is 0. The van der Waals surface area contributed by atoms with Crippen molar-refractivity contribution in [2.24, 2.45) is 5.92 Å². The maximum absolute atomic E-state index is 10.9. The molecule has 0 bridgehead atoms. The molecule has 78 valence electrons. The van der Waals surface area contributed by atoms with Crippen LogP contribution in [0.4, 0.5) is 0 Å². The van der Waals surface area contributed by atoms with Crippen LogP contribution in [0.3, 0.4) is 0 Å². The maximum Gasteiger partial charge on any atom is 0.307 e. The Morgan fingerprint density at radius 1 is 1.50 bits per heavy atom. The fourth-order valence-electron chi connectivity index (χ4n) is 1.29. The number of carbonyl (C=O) groups is 3. The minimum absolute atomic E-state index is 0.0867. The van der Waals surface area contributed by atoms with Gasteiger partial charge in [0.05, 0.1) is 19.0 Å². The van der Waals surface area contributed by atoms with Gasteiger partial charge in [0.1, 0.15) is 0 Å². The molecule has 0 aromatic heterocycles. The van der Waals surface area contributed by atoms with Gasteiger partial charge >= 0.3 is 5.97 Å². The Labute approximate surface area is 80.9 Å². The van der Waals surface area contributed by atoms with Gasteiger partial charge in [-0.1, -0.05) is 6.92 Å². The number of carboxylic acids is 1. The molecular weight excluding hydrogens is 188 g/mol. The lowest BCUT2D eigenvalue weighted by atomic mass is 10.1. The molecule has 1 aliphatic rings. The molecule has 0 aliphatic carbocycles. The predicted octanol–water partition coefficient (Wildman–Crippen LogP) is -1.33. The first kappa shape index (κ1) is 10.6. The topological polar surface area (TPSA) is 86.7 Å². The predicted molar refractivity (Wildman–Crippen MR) is 46.4 cm³/mol. The molecule has 0 spiro atoms. The average molecular weight is 200 g/mol. The second-order valence-corrected chi connectivity index (χ2v) is 3.38. The van der Waals surface area contributed by atoms with Crippen LogP contribution in [0, 0.1) is 5.92 Å². The van der Waals surface area contributed by atoms with Crippen molar-refractivity contribution in [3.05, 3.63) is 0 Å². The van der Waals surface area contributed by atoms with Crippen LogP contribution in [0.25, 0.3) is 0 Å². The highest BCUT2D eigenvalue weighted by atomic mass is 16.4. The number of hydrogen-bond acceptors (Lipinski definition) is 4. The van der Waals surface area contributed by atoms with Crippen LogP contribution in [0.15, 0.2) is 0 Å². The second kappa shape index (κ2) is 4.19. The van der Waals surface area contributed by atoms with Crippen LogP contribution < -0.4 is 5.32 Å². The van der Waals surface area contributed by atoms with Crippen molar-refractivity contribution < 1.29 is 19.5 Å². The zero-order chi connectivity index (χ0) is 10.7. The molecule has 1 aliphatic heterocycles. The highest BCUT2D eigenvalue weighted by Crippen LogP contribution is 2.02. The fourth-order valence-corrected chi connectivity index (χ4v) is 1.29. The molecule has 2 N–H and O–H groups in total. The normalized spacial score (nSPS) is 20.4. The number of rotatable bonds is 3. The second-order valence-electron chi connectivity index (χ2n) is 3.38. The van der Waals surface area contributed by atoms with Crippen LogP contribution in [0.2, 0.25) is 0 Å². The Bertz CT molecular complexity index is 261. The van der Waals surface area contributed by atoms with E-state index in [0.717, 1.165) is 0 Å². The Kier molecular flexibility index (Phi) is 3.19. The Balaban J connectivity index is 2.48. The SMILES string of the molecule is CC(CN1CC(=O)NC(=O)C1)C(=O)O. The molecule has 1 unspecified atom stereocenters. The largest absolute Gasteiger partial charge is 0.481 e. The van der Waals surface area contributed by atoms with Crippen LogP contribution in [-0.4, -0.2) is 47.4 Å². The van der Waals surface area contributed by atoms with Gasteiger partial charge in [0.15, 0.2) is 0 Å². The third-order valence-electron chi connectivity index (χ3n) is 1.97. The van der Waals surface area contributed by atoms with E-state index in [4.69, 9.17) is 5.11 Å². The Morgan fingerprint density at radius 2 is 2.00 bits per heavy atom. The van der Waals surface area contributed by atoms with Crippen LogP contribution in [0.5, 0.6) is 0 Å². The summed E-state index contributed by atoms with van der Waals surface area (Å²) < 4.78 is 0. The summed E-state index contributed by atoms with van der Waals surface area (Å²) in [7, 11) is 0. The van der Waals surface area contributed by atoms with Gasteiger partial charge in [-0.3, -0.25) is 24.6 Å². The quantitative estimate of drug-likeness (QED) is 0.551. The molecule has 1 atom stereocenters. The first-order valence-electron chi connectivity index (χ1n) is 4.27.